The number of amides is 1. The van der Waals surface area contributed by atoms with E-state index in [0.29, 0.717) is 16.8 Å². The van der Waals surface area contributed by atoms with E-state index in [4.69, 9.17) is 0 Å². The van der Waals surface area contributed by atoms with E-state index < -0.39 is 0 Å². The molecule has 3 aromatic carbocycles. The first-order valence-electron chi connectivity index (χ1n) is 10.00. The molecule has 4 rings (SSSR count). The maximum atomic E-state index is 13.1. The number of nitrogens with zero attached hydrogens (tertiary/aromatic N) is 1. The number of hydrogen-bond acceptors (Lipinski definition) is 3. The molecule has 1 heterocycles. The summed E-state index contributed by atoms with van der Waals surface area (Å²) in [6.45, 7) is 1.65. The molecule has 1 fully saturated rings. The Morgan fingerprint density at radius 3 is 2.28 bits per heavy atom. The van der Waals surface area contributed by atoms with E-state index in [1.165, 1.54) is 5.56 Å². The van der Waals surface area contributed by atoms with E-state index >= 15 is 0 Å². The highest BCUT2D eigenvalue weighted by atomic mass is 16.2. The normalized spacial score (nSPS) is 16.5. The van der Waals surface area contributed by atoms with Crippen LogP contribution in [0.5, 0.6) is 0 Å². The van der Waals surface area contributed by atoms with Crippen molar-refractivity contribution in [2.75, 3.05) is 11.9 Å². The van der Waals surface area contributed by atoms with Crippen LogP contribution in [0.3, 0.4) is 0 Å². The van der Waals surface area contributed by atoms with Gasteiger partial charge in [0.05, 0.1) is 11.7 Å². The van der Waals surface area contributed by atoms with Crippen LogP contribution in [0.1, 0.15) is 34.3 Å². The molecule has 1 aliphatic rings. The van der Waals surface area contributed by atoms with E-state index in [0.717, 1.165) is 25.9 Å². The van der Waals surface area contributed by atoms with Crippen molar-refractivity contribution in [1.82, 2.24) is 4.90 Å². The van der Waals surface area contributed by atoms with Gasteiger partial charge in [0, 0.05) is 17.7 Å². The molecule has 1 N–H and O–H groups in total. The predicted octanol–water partition coefficient (Wildman–Crippen LogP) is 4.52. The number of ketones is 1. The zero-order valence-electron chi connectivity index (χ0n) is 16.3. The monoisotopic (exact) mass is 384 g/mol. The van der Waals surface area contributed by atoms with Crippen LogP contribution in [0, 0.1) is 0 Å². The van der Waals surface area contributed by atoms with Crippen LogP contribution >= 0.6 is 0 Å². The summed E-state index contributed by atoms with van der Waals surface area (Å²) in [5.74, 6) is -0.138. The van der Waals surface area contributed by atoms with Crippen molar-refractivity contribution in [2.24, 2.45) is 0 Å². The molecule has 4 heteroatoms. The van der Waals surface area contributed by atoms with Crippen LogP contribution in [-0.2, 0) is 11.3 Å². The van der Waals surface area contributed by atoms with Crippen molar-refractivity contribution in [1.29, 1.82) is 0 Å². The molecular weight excluding hydrogens is 360 g/mol. The number of likely N-dealkylation sites (tertiary alicyclic amines) is 1. The molecule has 29 heavy (non-hydrogen) atoms. The van der Waals surface area contributed by atoms with Gasteiger partial charge < -0.3 is 5.32 Å². The quantitative estimate of drug-likeness (QED) is 0.636. The molecule has 3 aromatic rings. The molecule has 1 atom stereocenters. The van der Waals surface area contributed by atoms with Gasteiger partial charge in [-0.1, -0.05) is 72.8 Å². The molecule has 0 unspecified atom stereocenters. The number of anilines is 1. The molecule has 4 nitrogen and oxygen atoms in total. The summed E-state index contributed by atoms with van der Waals surface area (Å²) >= 11 is 0. The van der Waals surface area contributed by atoms with Crippen molar-refractivity contribution in [3.63, 3.8) is 0 Å². The van der Waals surface area contributed by atoms with Crippen molar-refractivity contribution >= 4 is 17.4 Å². The molecule has 1 amide bonds. The lowest BCUT2D eigenvalue weighted by Crippen LogP contribution is -2.39. The third-order valence-corrected chi connectivity index (χ3v) is 5.36. The van der Waals surface area contributed by atoms with Gasteiger partial charge in [-0.25, -0.2) is 0 Å². The number of benzene rings is 3. The number of para-hydroxylation sites is 1. The summed E-state index contributed by atoms with van der Waals surface area (Å²) in [6, 6.07) is 26.4. The Morgan fingerprint density at radius 2 is 1.52 bits per heavy atom. The second kappa shape index (κ2) is 8.84. The Hall–Kier alpha value is -3.24. The molecule has 146 valence electrons. The first kappa shape index (κ1) is 19.1. The zero-order chi connectivity index (χ0) is 20.1. The van der Waals surface area contributed by atoms with Gasteiger partial charge in [-0.3, -0.25) is 14.5 Å². The van der Waals surface area contributed by atoms with Crippen LogP contribution in [0.25, 0.3) is 0 Å². The van der Waals surface area contributed by atoms with Crippen LogP contribution in [0.4, 0.5) is 5.69 Å². The summed E-state index contributed by atoms with van der Waals surface area (Å²) in [4.78, 5) is 28.2. The highest BCUT2D eigenvalue weighted by Crippen LogP contribution is 2.24. The van der Waals surface area contributed by atoms with Gasteiger partial charge in [-0.15, -0.1) is 0 Å². The predicted molar refractivity (Wildman–Crippen MR) is 115 cm³/mol. The summed E-state index contributed by atoms with van der Waals surface area (Å²) < 4.78 is 0. The number of nitrogens with one attached hydrogen (secondary N) is 1. The molecule has 1 saturated heterocycles. The highest BCUT2D eigenvalue weighted by molar-refractivity contribution is 6.14. The van der Waals surface area contributed by atoms with Gasteiger partial charge in [-0.05, 0) is 37.1 Å². The van der Waals surface area contributed by atoms with E-state index in [1.807, 2.05) is 48.5 Å². The second-order valence-corrected chi connectivity index (χ2v) is 7.34. The molecule has 0 spiro atoms. The van der Waals surface area contributed by atoms with Gasteiger partial charge in [0.25, 0.3) is 0 Å². The first-order valence-corrected chi connectivity index (χ1v) is 10.00. The fraction of sp³-hybridized carbons (Fsp3) is 0.200. The minimum absolute atomic E-state index is 0.0493. The topological polar surface area (TPSA) is 49.4 Å². The number of carbonyl (C=O) groups excluding carboxylic acids is 2. The van der Waals surface area contributed by atoms with Crippen LogP contribution in [0.2, 0.25) is 0 Å². The molecule has 0 aliphatic carbocycles. The zero-order valence-corrected chi connectivity index (χ0v) is 16.3. The summed E-state index contributed by atoms with van der Waals surface area (Å²) in [7, 11) is 0. The Balaban J connectivity index is 1.50. The average Bonchev–Trinajstić information content (AvgIpc) is 3.23. The number of hydrogen-bond donors (Lipinski definition) is 1. The minimum Gasteiger partial charge on any atom is -0.324 e. The van der Waals surface area contributed by atoms with Crippen molar-refractivity contribution in [3.8, 4) is 0 Å². The molecule has 1 aliphatic heterocycles. The van der Waals surface area contributed by atoms with E-state index in [9.17, 15) is 9.59 Å². The third kappa shape index (κ3) is 4.44. The van der Waals surface area contributed by atoms with Gasteiger partial charge in [-0.2, -0.15) is 0 Å². The largest absolute Gasteiger partial charge is 0.324 e. The Morgan fingerprint density at radius 1 is 0.862 bits per heavy atom. The highest BCUT2D eigenvalue weighted by Gasteiger charge is 2.31. The fourth-order valence-corrected chi connectivity index (χ4v) is 3.88. The average molecular weight is 384 g/mol. The summed E-state index contributed by atoms with van der Waals surface area (Å²) in [5, 5.41) is 3.02. The van der Waals surface area contributed by atoms with Crippen LogP contribution in [0.15, 0.2) is 84.9 Å². The van der Waals surface area contributed by atoms with Gasteiger partial charge in [0.2, 0.25) is 5.91 Å². The van der Waals surface area contributed by atoms with Crippen molar-refractivity contribution in [3.05, 3.63) is 102 Å². The summed E-state index contributed by atoms with van der Waals surface area (Å²) in [6.07, 6.45) is 1.82. The lowest BCUT2D eigenvalue weighted by molar-refractivity contribution is -0.120. The number of rotatable bonds is 6. The maximum absolute atomic E-state index is 13.1. The Labute approximate surface area is 171 Å². The Bertz CT molecular complexity index is 986. The smallest absolute Gasteiger partial charge is 0.241 e. The van der Waals surface area contributed by atoms with E-state index in [1.54, 1.807) is 24.3 Å². The molecule has 0 bridgehead atoms. The molecule has 0 saturated carbocycles. The van der Waals surface area contributed by atoms with E-state index in [-0.39, 0.29) is 17.7 Å². The van der Waals surface area contributed by atoms with Gasteiger partial charge in [0.1, 0.15) is 0 Å². The lowest BCUT2D eigenvalue weighted by Gasteiger charge is -2.24. The second-order valence-electron chi connectivity index (χ2n) is 7.34. The third-order valence-electron chi connectivity index (χ3n) is 5.36. The van der Waals surface area contributed by atoms with E-state index in [2.05, 4.69) is 22.3 Å². The molecule has 0 aromatic heterocycles. The fourth-order valence-electron chi connectivity index (χ4n) is 3.88. The van der Waals surface area contributed by atoms with Crippen LogP contribution < -0.4 is 5.32 Å². The standard InChI is InChI=1S/C25H24N2O2/c28-24(20-12-5-2-6-13-20)21-14-7-8-15-22(21)26-25(29)23-16-9-17-27(23)18-19-10-3-1-4-11-19/h1-8,10-15,23H,9,16-18H2,(H,26,29)/t23-/m0/s1. The Kier molecular flexibility index (Phi) is 5.82. The SMILES string of the molecule is O=C(c1ccccc1)c1ccccc1NC(=O)[C@@H]1CCCN1Cc1ccccc1. The van der Waals surface area contributed by atoms with Crippen molar-refractivity contribution in [2.45, 2.75) is 25.4 Å². The maximum Gasteiger partial charge on any atom is 0.241 e. The van der Waals surface area contributed by atoms with Crippen LogP contribution in [-0.4, -0.2) is 29.2 Å². The first-order chi connectivity index (χ1) is 14.2. The van der Waals surface area contributed by atoms with Crippen molar-refractivity contribution < 1.29 is 9.59 Å². The van der Waals surface area contributed by atoms with Gasteiger partial charge >= 0.3 is 0 Å². The molecule has 0 radical (unpaired) electrons. The summed E-state index contributed by atoms with van der Waals surface area (Å²) in [5.41, 5.74) is 2.89. The number of carbonyl (C=O) groups is 2. The molecular formula is C25H24N2O2. The lowest BCUT2D eigenvalue weighted by atomic mass is 10.0. The minimum atomic E-state index is -0.185. The van der Waals surface area contributed by atoms with Gasteiger partial charge in [0.15, 0.2) is 5.78 Å².